The first-order valence-corrected chi connectivity index (χ1v) is 13.1. The Kier molecular flexibility index (Phi) is 8.08. The van der Waals surface area contributed by atoms with E-state index in [-0.39, 0.29) is 5.91 Å². The van der Waals surface area contributed by atoms with Crippen molar-refractivity contribution in [3.8, 4) is 11.3 Å². The van der Waals surface area contributed by atoms with E-state index in [4.69, 9.17) is 5.73 Å². The molecule has 37 heavy (non-hydrogen) atoms. The van der Waals surface area contributed by atoms with Crippen molar-refractivity contribution < 1.29 is 4.79 Å². The molecular weight excluding hydrogens is 462 g/mol. The van der Waals surface area contributed by atoms with Crippen molar-refractivity contribution in [2.45, 2.75) is 44.8 Å². The maximum Gasteiger partial charge on any atom is 0.217 e. The molecule has 0 atom stereocenters. The summed E-state index contributed by atoms with van der Waals surface area (Å²) in [5.41, 5.74) is 10.7. The van der Waals surface area contributed by atoms with Crippen molar-refractivity contribution in [1.82, 2.24) is 25.2 Å². The van der Waals surface area contributed by atoms with Gasteiger partial charge in [-0.2, -0.15) is 0 Å². The standard InChI is InChI=1S/C29H35N7O/c30-27(37)7-4-14-31-24-12-15-36(16-13-24)19-22-8-10-23(11-9-22)26-17-25-28(33-20-34-29(25)35-26)32-18-21-5-2-1-3-6-21/h1-3,5-6,8-11,17,20,24,31H,4,7,12-16,18-19H2,(H2,30,37)(H2,32,33,34,35). The van der Waals surface area contributed by atoms with Crippen molar-refractivity contribution >= 4 is 22.8 Å². The van der Waals surface area contributed by atoms with Gasteiger partial charge in [-0.05, 0) is 61.7 Å². The molecule has 0 radical (unpaired) electrons. The van der Waals surface area contributed by atoms with Gasteiger partial charge >= 0.3 is 0 Å². The summed E-state index contributed by atoms with van der Waals surface area (Å²) < 4.78 is 0. The first-order valence-electron chi connectivity index (χ1n) is 13.1. The topological polar surface area (TPSA) is 112 Å². The van der Waals surface area contributed by atoms with Gasteiger partial charge in [0, 0.05) is 31.2 Å². The van der Waals surface area contributed by atoms with Gasteiger partial charge in [-0.3, -0.25) is 9.69 Å². The van der Waals surface area contributed by atoms with Crippen LogP contribution in [0.4, 0.5) is 5.82 Å². The van der Waals surface area contributed by atoms with Gasteiger partial charge in [-0.25, -0.2) is 9.97 Å². The minimum atomic E-state index is -0.221. The second-order valence-corrected chi connectivity index (χ2v) is 9.78. The SMILES string of the molecule is NC(=O)CCCNC1CCN(Cc2ccc(-c3cc4c(NCc5ccccc5)ncnc4[nH]3)cc2)CC1. The molecule has 2 aromatic heterocycles. The average molecular weight is 498 g/mol. The third-order valence-corrected chi connectivity index (χ3v) is 7.02. The van der Waals surface area contributed by atoms with Crippen molar-refractivity contribution in [2.75, 3.05) is 25.0 Å². The van der Waals surface area contributed by atoms with Crippen LogP contribution < -0.4 is 16.4 Å². The van der Waals surface area contributed by atoms with Gasteiger partial charge in [0.25, 0.3) is 0 Å². The lowest BCUT2D eigenvalue weighted by Crippen LogP contribution is -2.42. The van der Waals surface area contributed by atoms with Crippen molar-refractivity contribution in [2.24, 2.45) is 5.73 Å². The quantitative estimate of drug-likeness (QED) is 0.233. The number of piperidine rings is 1. The molecule has 0 saturated carbocycles. The van der Waals surface area contributed by atoms with Crippen LogP contribution in [0, 0.1) is 0 Å². The van der Waals surface area contributed by atoms with E-state index in [2.05, 4.69) is 72.9 Å². The number of hydrogen-bond donors (Lipinski definition) is 4. The number of nitrogens with zero attached hydrogens (tertiary/aromatic N) is 3. The second kappa shape index (κ2) is 12.0. The van der Waals surface area contributed by atoms with E-state index in [1.807, 2.05) is 18.2 Å². The lowest BCUT2D eigenvalue weighted by atomic mass is 10.0. The van der Waals surface area contributed by atoms with Gasteiger partial charge in [-0.1, -0.05) is 54.6 Å². The number of carbonyl (C=O) groups excluding carboxylic acids is 1. The highest BCUT2D eigenvalue weighted by Gasteiger charge is 2.19. The lowest BCUT2D eigenvalue weighted by Gasteiger charge is -2.32. The first kappa shape index (κ1) is 24.9. The highest BCUT2D eigenvalue weighted by Crippen LogP contribution is 2.27. The zero-order valence-electron chi connectivity index (χ0n) is 21.1. The molecule has 0 unspecified atom stereocenters. The third kappa shape index (κ3) is 6.72. The highest BCUT2D eigenvalue weighted by atomic mass is 16.1. The summed E-state index contributed by atoms with van der Waals surface area (Å²) in [5.74, 6) is 0.611. The normalized spacial score (nSPS) is 14.7. The van der Waals surface area contributed by atoms with Crippen LogP contribution in [-0.4, -0.2) is 51.4 Å². The molecule has 0 spiro atoms. The van der Waals surface area contributed by atoms with Crippen molar-refractivity contribution in [1.29, 1.82) is 0 Å². The molecule has 1 saturated heterocycles. The average Bonchev–Trinajstić information content (AvgIpc) is 3.37. The summed E-state index contributed by atoms with van der Waals surface area (Å²) in [7, 11) is 0. The zero-order chi connectivity index (χ0) is 25.5. The zero-order valence-corrected chi connectivity index (χ0v) is 21.1. The van der Waals surface area contributed by atoms with Crippen molar-refractivity contribution in [3.63, 3.8) is 0 Å². The maximum absolute atomic E-state index is 10.9. The number of H-pyrrole nitrogens is 1. The Balaban J connectivity index is 1.15. The molecule has 1 aliphatic heterocycles. The Bertz CT molecular complexity index is 1300. The molecule has 1 fully saturated rings. The van der Waals surface area contributed by atoms with E-state index < -0.39 is 0 Å². The molecular formula is C29H35N7O. The molecule has 0 bridgehead atoms. The Labute approximate surface area is 217 Å². The Hall–Kier alpha value is -3.75. The van der Waals surface area contributed by atoms with Crippen LogP contribution in [0.5, 0.6) is 0 Å². The summed E-state index contributed by atoms with van der Waals surface area (Å²) >= 11 is 0. The third-order valence-electron chi connectivity index (χ3n) is 7.02. The fourth-order valence-corrected chi connectivity index (χ4v) is 4.93. The molecule has 5 rings (SSSR count). The maximum atomic E-state index is 10.9. The predicted molar refractivity (Wildman–Crippen MR) is 148 cm³/mol. The number of fused-ring (bicyclic) bond motifs is 1. The number of amides is 1. The van der Waals surface area contributed by atoms with Gasteiger partial charge in [0.1, 0.15) is 17.8 Å². The largest absolute Gasteiger partial charge is 0.370 e. The van der Waals surface area contributed by atoms with Gasteiger partial charge in [-0.15, -0.1) is 0 Å². The molecule has 1 aliphatic rings. The fourth-order valence-electron chi connectivity index (χ4n) is 4.93. The summed E-state index contributed by atoms with van der Waals surface area (Å²) in [5, 5.41) is 8.00. The molecule has 4 aromatic rings. The fraction of sp³-hybridized carbons (Fsp3) is 0.345. The molecule has 192 valence electrons. The van der Waals surface area contributed by atoms with E-state index in [9.17, 15) is 4.79 Å². The number of nitrogens with one attached hydrogen (secondary N) is 3. The van der Waals surface area contributed by atoms with Gasteiger partial charge < -0.3 is 21.4 Å². The summed E-state index contributed by atoms with van der Waals surface area (Å²) in [4.78, 5) is 25.7. The second-order valence-electron chi connectivity index (χ2n) is 9.78. The number of aromatic nitrogens is 3. The van der Waals surface area contributed by atoms with Crippen molar-refractivity contribution in [3.05, 3.63) is 78.1 Å². The number of carbonyl (C=O) groups is 1. The predicted octanol–water partition coefficient (Wildman–Crippen LogP) is 4.06. The number of rotatable bonds is 11. The van der Waals surface area contributed by atoms with Gasteiger partial charge in [0.05, 0.1) is 5.39 Å². The summed E-state index contributed by atoms with van der Waals surface area (Å²) in [6.07, 6.45) is 5.13. The van der Waals surface area contributed by atoms with Crippen LogP contribution >= 0.6 is 0 Å². The highest BCUT2D eigenvalue weighted by molar-refractivity contribution is 5.91. The number of likely N-dealkylation sites (tertiary alicyclic amines) is 1. The minimum absolute atomic E-state index is 0.221. The molecule has 0 aliphatic carbocycles. The number of benzene rings is 2. The smallest absolute Gasteiger partial charge is 0.217 e. The molecule has 3 heterocycles. The van der Waals surface area contributed by atoms with Crippen LogP contribution in [0.15, 0.2) is 67.0 Å². The van der Waals surface area contributed by atoms with Gasteiger partial charge in [0.15, 0.2) is 0 Å². The Morgan fingerprint density at radius 1 is 1.03 bits per heavy atom. The number of hydrogen-bond acceptors (Lipinski definition) is 6. The molecule has 1 amide bonds. The van der Waals surface area contributed by atoms with Crippen LogP contribution in [0.1, 0.15) is 36.8 Å². The summed E-state index contributed by atoms with van der Waals surface area (Å²) in [6, 6.07) is 21.8. The molecule has 2 aromatic carbocycles. The lowest BCUT2D eigenvalue weighted by molar-refractivity contribution is -0.118. The van der Waals surface area contributed by atoms with E-state index in [1.165, 1.54) is 11.1 Å². The van der Waals surface area contributed by atoms with Crippen LogP contribution in [-0.2, 0) is 17.9 Å². The Morgan fingerprint density at radius 2 is 1.81 bits per heavy atom. The van der Waals surface area contributed by atoms with E-state index in [0.717, 1.165) is 73.6 Å². The monoisotopic (exact) mass is 497 g/mol. The number of aromatic amines is 1. The summed E-state index contributed by atoms with van der Waals surface area (Å²) in [6.45, 7) is 4.69. The molecule has 8 nitrogen and oxygen atoms in total. The van der Waals surface area contributed by atoms with E-state index >= 15 is 0 Å². The number of nitrogens with two attached hydrogens (primary N) is 1. The molecule has 5 N–H and O–H groups in total. The van der Waals surface area contributed by atoms with E-state index in [1.54, 1.807) is 6.33 Å². The minimum Gasteiger partial charge on any atom is -0.370 e. The van der Waals surface area contributed by atoms with E-state index in [0.29, 0.717) is 19.0 Å². The van der Waals surface area contributed by atoms with Crippen LogP contribution in [0.25, 0.3) is 22.3 Å². The van der Waals surface area contributed by atoms with Crippen LogP contribution in [0.3, 0.4) is 0 Å². The van der Waals surface area contributed by atoms with Crippen LogP contribution in [0.2, 0.25) is 0 Å². The number of anilines is 1. The first-order chi connectivity index (χ1) is 18.1. The molecule has 8 heteroatoms. The number of primary amides is 1. The van der Waals surface area contributed by atoms with Gasteiger partial charge in [0.2, 0.25) is 5.91 Å². The Morgan fingerprint density at radius 3 is 2.57 bits per heavy atom.